The zero-order valence-corrected chi connectivity index (χ0v) is 11.2. The fraction of sp³-hybridized carbons (Fsp3) is 0.273. The van der Waals surface area contributed by atoms with Gasteiger partial charge >= 0.3 is 0 Å². The molecule has 2 amide bonds. The van der Waals surface area contributed by atoms with E-state index in [4.69, 9.17) is 4.84 Å². The molecule has 0 atom stereocenters. The summed E-state index contributed by atoms with van der Waals surface area (Å²) in [6, 6.07) is 6.92. The van der Waals surface area contributed by atoms with Crippen molar-refractivity contribution in [3.05, 3.63) is 34.3 Å². The molecule has 0 aliphatic carbocycles. The van der Waals surface area contributed by atoms with Crippen LogP contribution in [0.15, 0.2) is 28.7 Å². The number of halogens is 1. The van der Waals surface area contributed by atoms with Gasteiger partial charge in [0.1, 0.15) is 0 Å². The molecule has 0 aliphatic rings. The van der Waals surface area contributed by atoms with Crippen LogP contribution in [0.4, 0.5) is 0 Å². The first-order valence-corrected chi connectivity index (χ1v) is 5.68. The maximum atomic E-state index is 11.7. The fourth-order valence-electron chi connectivity index (χ4n) is 1.10. The minimum Gasteiger partial charge on any atom is -0.343 e. The van der Waals surface area contributed by atoms with E-state index in [-0.39, 0.29) is 18.4 Å². The first-order chi connectivity index (χ1) is 8.04. The highest BCUT2D eigenvalue weighted by Gasteiger charge is 2.11. The summed E-state index contributed by atoms with van der Waals surface area (Å²) in [5.74, 6) is -0.625. The number of hydroxylamine groups is 2. The molecular formula is C11H13BrN2O3. The van der Waals surface area contributed by atoms with Crippen molar-refractivity contribution in [1.29, 1.82) is 0 Å². The number of carbonyl (C=O) groups excluding carboxylic acids is 2. The second-order valence-corrected chi connectivity index (χ2v) is 4.18. The van der Waals surface area contributed by atoms with E-state index in [1.165, 1.54) is 14.2 Å². The average Bonchev–Trinajstić information content (AvgIpc) is 2.34. The van der Waals surface area contributed by atoms with Gasteiger partial charge in [0.05, 0.1) is 13.7 Å². The monoisotopic (exact) mass is 300 g/mol. The van der Waals surface area contributed by atoms with Gasteiger partial charge in [0.25, 0.3) is 11.8 Å². The van der Waals surface area contributed by atoms with Crippen LogP contribution in [-0.4, -0.2) is 37.6 Å². The zero-order chi connectivity index (χ0) is 12.8. The lowest BCUT2D eigenvalue weighted by molar-refractivity contribution is -0.167. The zero-order valence-electron chi connectivity index (χ0n) is 9.57. The molecule has 0 saturated heterocycles. The molecule has 0 bridgehead atoms. The Balaban J connectivity index is 2.53. The number of nitrogens with zero attached hydrogens (tertiary/aromatic N) is 1. The van der Waals surface area contributed by atoms with Crippen molar-refractivity contribution in [2.75, 3.05) is 20.7 Å². The standard InChI is InChI=1S/C11H13BrN2O3/c1-14(17-2)10(15)7-13-11(16)8-4-3-5-9(12)6-8/h3-6H,7H2,1-2H3,(H,13,16). The van der Waals surface area contributed by atoms with Crippen LogP contribution in [0.25, 0.3) is 0 Å². The molecule has 0 aromatic heterocycles. The van der Waals surface area contributed by atoms with Gasteiger partial charge in [-0.3, -0.25) is 14.4 Å². The number of nitrogens with one attached hydrogen (secondary N) is 1. The second-order valence-electron chi connectivity index (χ2n) is 3.27. The predicted octanol–water partition coefficient (Wildman–Crippen LogP) is 1.20. The van der Waals surface area contributed by atoms with Gasteiger partial charge < -0.3 is 5.32 Å². The molecule has 0 heterocycles. The lowest BCUT2D eigenvalue weighted by Crippen LogP contribution is -2.37. The van der Waals surface area contributed by atoms with Crippen LogP contribution < -0.4 is 5.32 Å². The molecule has 0 fully saturated rings. The Morgan fingerprint density at radius 2 is 2.18 bits per heavy atom. The maximum Gasteiger partial charge on any atom is 0.265 e. The third-order valence-corrected chi connectivity index (χ3v) is 2.61. The summed E-state index contributed by atoms with van der Waals surface area (Å²) in [6.45, 7) is -0.102. The summed E-state index contributed by atoms with van der Waals surface area (Å²) >= 11 is 3.27. The van der Waals surface area contributed by atoms with Crippen molar-refractivity contribution in [2.45, 2.75) is 0 Å². The van der Waals surface area contributed by atoms with E-state index >= 15 is 0 Å². The molecule has 1 rings (SSSR count). The molecule has 0 saturated carbocycles. The van der Waals surface area contributed by atoms with Gasteiger partial charge in [0.15, 0.2) is 0 Å². The van der Waals surface area contributed by atoms with E-state index in [2.05, 4.69) is 21.2 Å². The highest BCUT2D eigenvalue weighted by Crippen LogP contribution is 2.11. The second kappa shape index (κ2) is 6.36. The first kappa shape index (κ1) is 13.7. The Morgan fingerprint density at radius 3 is 2.76 bits per heavy atom. The van der Waals surface area contributed by atoms with Gasteiger partial charge in [-0.05, 0) is 18.2 Å². The summed E-state index contributed by atoms with van der Waals surface area (Å²) in [6.07, 6.45) is 0. The minimum atomic E-state index is -0.323. The van der Waals surface area contributed by atoms with E-state index in [9.17, 15) is 9.59 Å². The van der Waals surface area contributed by atoms with Gasteiger partial charge in [-0.15, -0.1) is 0 Å². The molecule has 0 aliphatic heterocycles. The number of hydrogen-bond acceptors (Lipinski definition) is 3. The number of amides is 2. The Bertz CT molecular complexity index is 423. The van der Waals surface area contributed by atoms with E-state index < -0.39 is 0 Å². The Kier molecular flexibility index (Phi) is 5.11. The first-order valence-electron chi connectivity index (χ1n) is 4.89. The quantitative estimate of drug-likeness (QED) is 0.850. The van der Waals surface area contributed by atoms with Crippen LogP contribution in [0.1, 0.15) is 10.4 Å². The Labute approximate surface area is 108 Å². The van der Waals surface area contributed by atoms with E-state index in [1.54, 1.807) is 18.2 Å². The molecule has 0 spiro atoms. The Hall–Kier alpha value is -1.40. The van der Waals surface area contributed by atoms with Gasteiger partial charge in [-0.2, -0.15) is 0 Å². The van der Waals surface area contributed by atoms with Crippen molar-refractivity contribution in [3.63, 3.8) is 0 Å². The highest BCUT2D eigenvalue weighted by atomic mass is 79.9. The summed E-state index contributed by atoms with van der Waals surface area (Å²) < 4.78 is 0.811. The molecule has 1 N–H and O–H groups in total. The molecule has 92 valence electrons. The van der Waals surface area contributed by atoms with E-state index in [0.29, 0.717) is 5.56 Å². The SMILES string of the molecule is CON(C)C(=O)CNC(=O)c1cccc(Br)c1. The largest absolute Gasteiger partial charge is 0.343 e. The smallest absolute Gasteiger partial charge is 0.265 e. The Morgan fingerprint density at radius 1 is 1.47 bits per heavy atom. The van der Waals surface area contributed by atoms with Crippen molar-refractivity contribution < 1.29 is 14.4 Å². The van der Waals surface area contributed by atoms with Crippen molar-refractivity contribution in [3.8, 4) is 0 Å². The number of likely N-dealkylation sites (N-methyl/N-ethyl adjacent to an activating group) is 1. The molecular weight excluding hydrogens is 288 g/mol. The summed E-state index contributed by atoms with van der Waals surface area (Å²) in [4.78, 5) is 27.7. The fourth-order valence-corrected chi connectivity index (χ4v) is 1.50. The molecule has 0 unspecified atom stereocenters. The summed E-state index contributed by atoms with van der Waals surface area (Å²) in [5.41, 5.74) is 0.493. The molecule has 1 aromatic rings. The highest BCUT2D eigenvalue weighted by molar-refractivity contribution is 9.10. The molecule has 0 radical (unpaired) electrons. The maximum absolute atomic E-state index is 11.7. The normalized spacial score (nSPS) is 9.82. The minimum absolute atomic E-state index is 0.102. The van der Waals surface area contributed by atoms with Gasteiger partial charge in [-0.25, -0.2) is 5.06 Å². The summed E-state index contributed by atoms with van der Waals surface area (Å²) in [7, 11) is 2.86. The van der Waals surface area contributed by atoms with Crippen LogP contribution in [0.2, 0.25) is 0 Å². The average molecular weight is 301 g/mol. The lowest BCUT2D eigenvalue weighted by atomic mass is 10.2. The van der Waals surface area contributed by atoms with Crippen LogP contribution in [-0.2, 0) is 9.63 Å². The topological polar surface area (TPSA) is 58.6 Å². The molecule has 5 nitrogen and oxygen atoms in total. The van der Waals surface area contributed by atoms with Crippen molar-refractivity contribution >= 4 is 27.7 Å². The van der Waals surface area contributed by atoms with E-state index in [1.807, 2.05) is 6.07 Å². The van der Waals surface area contributed by atoms with Crippen LogP contribution >= 0.6 is 15.9 Å². The number of benzene rings is 1. The van der Waals surface area contributed by atoms with Crippen LogP contribution in [0, 0.1) is 0 Å². The van der Waals surface area contributed by atoms with Gasteiger partial charge in [0, 0.05) is 17.1 Å². The third kappa shape index (κ3) is 4.16. The van der Waals surface area contributed by atoms with Crippen molar-refractivity contribution in [1.82, 2.24) is 10.4 Å². The van der Waals surface area contributed by atoms with Gasteiger partial charge in [-0.1, -0.05) is 22.0 Å². The number of hydrogen-bond donors (Lipinski definition) is 1. The number of carbonyl (C=O) groups is 2. The van der Waals surface area contributed by atoms with E-state index in [0.717, 1.165) is 9.54 Å². The van der Waals surface area contributed by atoms with Crippen molar-refractivity contribution in [2.24, 2.45) is 0 Å². The number of rotatable bonds is 4. The third-order valence-electron chi connectivity index (χ3n) is 2.11. The molecule has 6 heteroatoms. The van der Waals surface area contributed by atoms with Crippen LogP contribution in [0.5, 0.6) is 0 Å². The predicted molar refractivity (Wildman–Crippen MR) is 66.3 cm³/mol. The summed E-state index contributed by atoms with van der Waals surface area (Å²) in [5, 5.41) is 3.57. The molecule has 17 heavy (non-hydrogen) atoms. The van der Waals surface area contributed by atoms with Crippen LogP contribution in [0.3, 0.4) is 0 Å². The molecule has 1 aromatic carbocycles. The van der Waals surface area contributed by atoms with Gasteiger partial charge in [0.2, 0.25) is 0 Å². The lowest BCUT2D eigenvalue weighted by Gasteiger charge is -2.13.